The predicted molar refractivity (Wildman–Crippen MR) is 53.6 cm³/mol. The lowest BCUT2D eigenvalue weighted by atomic mass is 9.93. The Morgan fingerprint density at radius 3 is 2.86 bits per heavy atom. The van der Waals surface area contributed by atoms with Crippen molar-refractivity contribution >= 4 is 11.5 Å². The maximum atomic E-state index is 14.3. The smallest absolute Gasteiger partial charge is 0.225 e. The summed E-state index contributed by atoms with van der Waals surface area (Å²) in [5.41, 5.74) is -1.19. The van der Waals surface area contributed by atoms with Crippen LogP contribution in [0.4, 0.5) is 4.39 Å². The van der Waals surface area contributed by atoms with Crippen LogP contribution >= 0.6 is 11.5 Å². The summed E-state index contributed by atoms with van der Waals surface area (Å²) in [6.45, 7) is 1.47. The van der Waals surface area contributed by atoms with Gasteiger partial charge >= 0.3 is 0 Å². The van der Waals surface area contributed by atoms with E-state index in [2.05, 4.69) is 9.69 Å². The Balaban J connectivity index is 2.19. The number of aromatic nitrogens is 1. The minimum Gasteiger partial charge on any atom is -0.480 e. The fourth-order valence-electron chi connectivity index (χ4n) is 1.64. The summed E-state index contributed by atoms with van der Waals surface area (Å²) in [6.07, 6.45) is 1.05. The van der Waals surface area contributed by atoms with E-state index in [4.69, 9.17) is 4.74 Å². The first-order chi connectivity index (χ1) is 6.74. The summed E-state index contributed by atoms with van der Waals surface area (Å²) in [4.78, 5) is 0.691. The second-order valence-electron chi connectivity index (χ2n) is 3.45. The monoisotopic (exact) mass is 216 g/mol. The molecule has 14 heavy (non-hydrogen) atoms. The van der Waals surface area contributed by atoms with E-state index in [-0.39, 0.29) is 0 Å². The van der Waals surface area contributed by atoms with E-state index in [1.54, 1.807) is 13.2 Å². The van der Waals surface area contributed by atoms with Gasteiger partial charge in [-0.3, -0.25) is 0 Å². The van der Waals surface area contributed by atoms with E-state index in [1.807, 2.05) is 0 Å². The number of rotatable bonds is 2. The molecule has 2 rings (SSSR count). The molecule has 0 aromatic carbocycles. The van der Waals surface area contributed by atoms with Crippen LogP contribution in [0.5, 0.6) is 5.88 Å². The Hall–Kier alpha value is -0.680. The summed E-state index contributed by atoms with van der Waals surface area (Å²) < 4.78 is 23.3. The normalized spacial score (nSPS) is 20.7. The first-order valence-corrected chi connectivity index (χ1v) is 5.43. The molecule has 78 valence electrons. The third kappa shape index (κ3) is 1.74. The second-order valence-corrected chi connectivity index (χ2v) is 4.25. The molecule has 0 saturated carbocycles. The van der Waals surface area contributed by atoms with Crippen LogP contribution in [-0.4, -0.2) is 24.6 Å². The number of nitrogens with one attached hydrogen (secondary N) is 1. The van der Waals surface area contributed by atoms with Crippen LogP contribution in [0.15, 0.2) is 6.07 Å². The van der Waals surface area contributed by atoms with Gasteiger partial charge in [0.1, 0.15) is 5.67 Å². The Morgan fingerprint density at radius 1 is 1.57 bits per heavy atom. The number of halogens is 1. The number of ether oxygens (including phenoxy) is 1. The van der Waals surface area contributed by atoms with E-state index in [1.165, 1.54) is 11.5 Å². The molecule has 1 aromatic rings. The lowest BCUT2D eigenvalue weighted by Gasteiger charge is -2.28. The molecule has 5 heteroatoms. The van der Waals surface area contributed by atoms with Gasteiger partial charge in [0.2, 0.25) is 5.88 Å². The Labute approximate surface area is 86.4 Å². The van der Waals surface area contributed by atoms with Crippen molar-refractivity contribution in [2.45, 2.75) is 18.5 Å². The lowest BCUT2D eigenvalue weighted by Crippen LogP contribution is -2.36. The standard InChI is InChI=1S/C9H13FN2OS/c1-13-8-6-7(14-12-8)9(10)2-4-11-5-3-9/h6,11H,2-5H2,1H3. The molecule has 0 aliphatic carbocycles. The first-order valence-electron chi connectivity index (χ1n) is 4.65. The Bertz CT molecular complexity index is 310. The molecule has 0 atom stereocenters. The molecule has 2 heterocycles. The van der Waals surface area contributed by atoms with Crippen LogP contribution in [0.3, 0.4) is 0 Å². The quantitative estimate of drug-likeness (QED) is 0.817. The van der Waals surface area contributed by atoms with Gasteiger partial charge in [0.25, 0.3) is 0 Å². The first kappa shape index (κ1) is 9.86. The van der Waals surface area contributed by atoms with E-state index in [9.17, 15) is 4.39 Å². The molecule has 1 N–H and O–H groups in total. The zero-order chi connectivity index (χ0) is 10.0. The molecule has 1 aliphatic heterocycles. The zero-order valence-corrected chi connectivity index (χ0v) is 8.86. The summed E-state index contributed by atoms with van der Waals surface area (Å²) in [6, 6.07) is 1.70. The Kier molecular flexibility index (Phi) is 2.69. The number of alkyl halides is 1. The molecular weight excluding hydrogens is 203 g/mol. The van der Waals surface area contributed by atoms with Crippen molar-refractivity contribution < 1.29 is 9.13 Å². The molecular formula is C9H13FN2OS. The van der Waals surface area contributed by atoms with Crippen molar-refractivity contribution in [3.05, 3.63) is 10.9 Å². The van der Waals surface area contributed by atoms with Crippen LogP contribution in [-0.2, 0) is 5.67 Å². The van der Waals surface area contributed by atoms with Gasteiger partial charge in [-0.05, 0) is 37.5 Å². The summed E-state index contributed by atoms with van der Waals surface area (Å²) >= 11 is 1.20. The third-order valence-electron chi connectivity index (χ3n) is 2.54. The molecule has 0 spiro atoms. The number of methoxy groups -OCH3 is 1. The van der Waals surface area contributed by atoms with Gasteiger partial charge in [0.15, 0.2) is 0 Å². The highest BCUT2D eigenvalue weighted by molar-refractivity contribution is 7.06. The van der Waals surface area contributed by atoms with Crippen molar-refractivity contribution in [1.82, 2.24) is 9.69 Å². The highest BCUT2D eigenvalue weighted by Gasteiger charge is 2.35. The van der Waals surface area contributed by atoms with Gasteiger partial charge in [-0.15, -0.1) is 0 Å². The molecule has 0 unspecified atom stereocenters. The molecule has 1 fully saturated rings. The molecule has 3 nitrogen and oxygen atoms in total. The molecule has 1 saturated heterocycles. The fraction of sp³-hybridized carbons (Fsp3) is 0.667. The largest absolute Gasteiger partial charge is 0.480 e. The topological polar surface area (TPSA) is 34.1 Å². The number of nitrogens with zero attached hydrogens (tertiary/aromatic N) is 1. The minimum atomic E-state index is -1.19. The number of hydrogen-bond acceptors (Lipinski definition) is 4. The van der Waals surface area contributed by atoms with Crippen molar-refractivity contribution in [1.29, 1.82) is 0 Å². The number of hydrogen-bond donors (Lipinski definition) is 1. The van der Waals surface area contributed by atoms with Crippen molar-refractivity contribution in [3.8, 4) is 5.88 Å². The Morgan fingerprint density at radius 2 is 2.29 bits per heavy atom. The summed E-state index contributed by atoms with van der Waals surface area (Å²) in [7, 11) is 1.55. The number of piperidine rings is 1. The van der Waals surface area contributed by atoms with Crippen LogP contribution in [0.1, 0.15) is 17.7 Å². The molecule has 0 radical (unpaired) electrons. The van der Waals surface area contributed by atoms with Crippen LogP contribution in [0.25, 0.3) is 0 Å². The van der Waals surface area contributed by atoms with Gasteiger partial charge in [0.05, 0.1) is 12.0 Å². The third-order valence-corrected chi connectivity index (χ3v) is 3.49. The fourth-order valence-corrected chi connectivity index (χ4v) is 2.47. The van der Waals surface area contributed by atoms with E-state index < -0.39 is 5.67 Å². The predicted octanol–water partition coefficient (Wildman–Crippen LogP) is 1.70. The van der Waals surface area contributed by atoms with Gasteiger partial charge in [-0.25, -0.2) is 4.39 Å². The molecule has 0 bridgehead atoms. The van der Waals surface area contributed by atoms with Crippen molar-refractivity contribution in [2.75, 3.05) is 20.2 Å². The maximum absolute atomic E-state index is 14.3. The minimum absolute atomic E-state index is 0.514. The molecule has 1 aliphatic rings. The van der Waals surface area contributed by atoms with Crippen molar-refractivity contribution in [2.24, 2.45) is 0 Å². The van der Waals surface area contributed by atoms with E-state index in [0.717, 1.165) is 13.1 Å². The lowest BCUT2D eigenvalue weighted by molar-refractivity contribution is 0.119. The van der Waals surface area contributed by atoms with E-state index >= 15 is 0 Å². The van der Waals surface area contributed by atoms with Crippen LogP contribution in [0.2, 0.25) is 0 Å². The molecule has 0 amide bonds. The molecule has 1 aromatic heterocycles. The maximum Gasteiger partial charge on any atom is 0.225 e. The van der Waals surface area contributed by atoms with Gasteiger partial charge in [0, 0.05) is 6.07 Å². The summed E-state index contributed by atoms with van der Waals surface area (Å²) in [5.74, 6) is 0.514. The SMILES string of the molecule is COc1cc(C2(F)CCNCC2)sn1. The van der Waals surface area contributed by atoms with Crippen LogP contribution in [0, 0.1) is 0 Å². The highest BCUT2D eigenvalue weighted by Crippen LogP contribution is 2.38. The summed E-state index contributed by atoms with van der Waals surface area (Å²) in [5, 5.41) is 3.14. The van der Waals surface area contributed by atoms with Gasteiger partial charge in [-0.2, -0.15) is 4.37 Å². The average molecular weight is 216 g/mol. The van der Waals surface area contributed by atoms with Crippen LogP contribution < -0.4 is 10.1 Å². The second kappa shape index (κ2) is 3.82. The highest BCUT2D eigenvalue weighted by atomic mass is 32.1. The van der Waals surface area contributed by atoms with Gasteiger partial charge in [-0.1, -0.05) is 0 Å². The zero-order valence-electron chi connectivity index (χ0n) is 8.05. The van der Waals surface area contributed by atoms with Gasteiger partial charge < -0.3 is 10.1 Å². The van der Waals surface area contributed by atoms with Crippen molar-refractivity contribution in [3.63, 3.8) is 0 Å². The average Bonchev–Trinajstić information content (AvgIpc) is 2.67. The van der Waals surface area contributed by atoms with E-state index in [0.29, 0.717) is 23.6 Å².